The van der Waals surface area contributed by atoms with Gasteiger partial charge >= 0.3 is 11.9 Å². The number of benzene rings is 2. The van der Waals surface area contributed by atoms with Crippen molar-refractivity contribution < 1.29 is 24.6 Å². The normalized spacial score (nSPS) is 15.1. The fourth-order valence-electron chi connectivity index (χ4n) is 3.11. The third kappa shape index (κ3) is 5.34. The maximum atomic E-state index is 12.6. The molecule has 2 aromatic rings. The highest BCUT2D eigenvalue weighted by atomic mass is 32.2. The Bertz CT molecular complexity index is 1030. The fourth-order valence-corrected chi connectivity index (χ4v) is 4.42. The molecule has 3 rings (SSSR count). The molecule has 2 aromatic carbocycles. The summed E-state index contributed by atoms with van der Waals surface area (Å²) in [6.07, 6.45) is 2.03. The Hall–Kier alpha value is -2.97. The molecule has 0 aliphatic carbocycles. The number of carboxylic acids is 2. The summed E-state index contributed by atoms with van der Waals surface area (Å²) in [4.78, 5) is 36.3. The molecule has 1 aliphatic rings. The molecule has 0 saturated carbocycles. The van der Waals surface area contributed by atoms with Crippen molar-refractivity contribution in [3.8, 4) is 11.1 Å². The summed E-state index contributed by atoms with van der Waals surface area (Å²) in [7, 11) is 0. The first-order valence-corrected chi connectivity index (χ1v) is 10.4. The molecule has 0 atom stereocenters. The predicted octanol–water partition coefficient (Wildman–Crippen LogP) is 4.05. The van der Waals surface area contributed by atoms with Crippen LogP contribution in [-0.4, -0.2) is 43.8 Å². The van der Waals surface area contributed by atoms with Crippen LogP contribution in [0, 0.1) is 0 Å². The number of amides is 1. The monoisotopic (exact) mass is 441 g/mol. The van der Waals surface area contributed by atoms with E-state index in [1.165, 1.54) is 16.7 Å². The van der Waals surface area contributed by atoms with Crippen molar-refractivity contribution in [2.24, 2.45) is 0 Å². The van der Waals surface area contributed by atoms with Gasteiger partial charge in [-0.15, -0.1) is 0 Å². The van der Waals surface area contributed by atoms with Gasteiger partial charge in [-0.25, -0.2) is 0 Å². The van der Waals surface area contributed by atoms with Crippen LogP contribution in [0.4, 0.5) is 0 Å². The molecule has 2 N–H and O–H groups in total. The smallest absolute Gasteiger partial charge is 0.307 e. The molecule has 1 aliphatic heterocycles. The zero-order chi connectivity index (χ0) is 21.7. The van der Waals surface area contributed by atoms with E-state index >= 15 is 0 Å². The molecule has 30 heavy (non-hydrogen) atoms. The van der Waals surface area contributed by atoms with Gasteiger partial charge in [-0.05, 0) is 34.8 Å². The summed E-state index contributed by atoms with van der Waals surface area (Å²) in [5.74, 6) is -2.00. The van der Waals surface area contributed by atoms with Gasteiger partial charge < -0.3 is 10.2 Å². The lowest BCUT2D eigenvalue weighted by Crippen LogP contribution is -2.29. The molecule has 0 spiro atoms. The minimum absolute atomic E-state index is 0.0130. The highest BCUT2D eigenvalue weighted by molar-refractivity contribution is 8.26. The second kappa shape index (κ2) is 9.69. The number of thiocarbonyl (C=S) groups is 1. The van der Waals surface area contributed by atoms with Gasteiger partial charge in [0, 0.05) is 13.0 Å². The second-order valence-corrected chi connectivity index (χ2v) is 8.36. The van der Waals surface area contributed by atoms with Crippen LogP contribution in [0.3, 0.4) is 0 Å². The number of thioether (sulfide) groups is 1. The molecule has 1 heterocycles. The first kappa shape index (κ1) is 21.7. The number of carbonyl (C=O) groups is 3. The zero-order valence-corrected chi connectivity index (χ0v) is 17.5. The highest BCUT2D eigenvalue weighted by Crippen LogP contribution is 2.33. The summed E-state index contributed by atoms with van der Waals surface area (Å²) in [5.41, 5.74) is 3.31. The number of hydrogen-bond acceptors (Lipinski definition) is 5. The molecular weight excluding hydrogens is 422 g/mol. The van der Waals surface area contributed by atoms with E-state index in [-0.39, 0.29) is 25.3 Å². The first-order valence-electron chi connectivity index (χ1n) is 9.22. The van der Waals surface area contributed by atoms with Gasteiger partial charge in [0.15, 0.2) is 0 Å². The van der Waals surface area contributed by atoms with Gasteiger partial charge in [-0.3, -0.25) is 19.3 Å². The van der Waals surface area contributed by atoms with Gasteiger partial charge in [0.05, 0.1) is 11.3 Å². The Balaban J connectivity index is 1.75. The van der Waals surface area contributed by atoms with Crippen LogP contribution >= 0.6 is 24.0 Å². The number of hydrogen-bond donors (Lipinski definition) is 2. The largest absolute Gasteiger partial charge is 0.481 e. The molecule has 0 radical (unpaired) electrons. The van der Waals surface area contributed by atoms with E-state index in [4.69, 9.17) is 22.4 Å². The fraction of sp³-hybridized carbons (Fsp3) is 0.182. The van der Waals surface area contributed by atoms with Crippen LogP contribution < -0.4 is 0 Å². The van der Waals surface area contributed by atoms with Crippen LogP contribution in [-0.2, 0) is 20.8 Å². The molecule has 154 valence electrons. The number of nitrogens with zero attached hydrogens (tertiary/aromatic N) is 1. The Morgan fingerprint density at radius 3 is 2.40 bits per heavy atom. The quantitative estimate of drug-likeness (QED) is 0.471. The van der Waals surface area contributed by atoms with Crippen LogP contribution in [0.15, 0.2) is 53.4 Å². The van der Waals surface area contributed by atoms with Gasteiger partial charge in [-0.2, -0.15) is 0 Å². The van der Waals surface area contributed by atoms with Crippen LogP contribution in [0.5, 0.6) is 0 Å². The van der Waals surface area contributed by atoms with E-state index in [2.05, 4.69) is 0 Å². The summed E-state index contributed by atoms with van der Waals surface area (Å²) in [6.45, 7) is 0.285. The minimum atomic E-state index is -0.902. The Morgan fingerprint density at radius 1 is 1.03 bits per heavy atom. The van der Waals surface area contributed by atoms with E-state index in [0.717, 1.165) is 22.3 Å². The predicted molar refractivity (Wildman–Crippen MR) is 120 cm³/mol. The molecule has 1 saturated heterocycles. The van der Waals surface area contributed by atoms with E-state index in [1.54, 1.807) is 12.1 Å². The molecule has 6 nitrogen and oxygen atoms in total. The zero-order valence-electron chi connectivity index (χ0n) is 15.9. The van der Waals surface area contributed by atoms with Crippen molar-refractivity contribution in [3.63, 3.8) is 0 Å². The van der Waals surface area contributed by atoms with E-state index in [0.29, 0.717) is 15.6 Å². The first-order chi connectivity index (χ1) is 14.3. The summed E-state index contributed by atoms with van der Waals surface area (Å²) >= 11 is 6.46. The van der Waals surface area contributed by atoms with E-state index in [1.807, 2.05) is 42.5 Å². The lowest BCUT2D eigenvalue weighted by atomic mass is 9.97. The second-order valence-electron chi connectivity index (χ2n) is 6.68. The summed E-state index contributed by atoms with van der Waals surface area (Å²) in [5, 5.41) is 17.9. The lowest BCUT2D eigenvalue weighted by Gasteiger charge is -2.13. The maximum absolute atomic E-state index is 12.6. The maximum Gasteiger partial charge on any atom is 0.307 e. The molecule has 0 aromatic heterocycles. The van der Waals surface area contributed by atoms with Gasteiger partial charge in [0.2, 0.25) is 0 Å². The standard InChI is InChI=1S/C22H19NO5S2/c24-19(25)6-3-11-23-21(28)18(30-22(23)29)12-14-7-9-15(10-8-14)17-5-2-1-4-16(17)13-20(26)27/h1-2,4-5,7-10,12H,3,6,11,13H2,(H,24,25)(H,26,27)/b18-12-. The molecule has 0 bridgehead atoms. The topological polar surface area (TPSA) is 94.9 Å². The van der Waals surface area contributed by atoms with Crippen molar-refractivity contribution in [2.75, 3.05) is 6.54 Å². The Morgan fingerprint density at radius 2 is 1.73 bits per heavy atom. The van der Waals surface area contributed by atoms with Crippen molar-refractivity contribution in [2.45, 2.75) is 19.3 Å². The average Bonchev–Trinajstić information content (AvgIpc) is 2.96. The molecule has 1 amide bonds. The average molecular weight is 442 g/mol. The van der Waals surface area contributed by atoms with Crippen LogP contribution in [0.2, 0.25) is 0 Å². The third-order valence-electron chi connectivity index (χ3n) is 4.52. The van der Waals surface area contributed by atoms with Gasteiger partial charge in [-0.1, -0.05) is 72.5 Å². The number of carboxylic acid groups (broad SMARTS) is 2. The molecular formula is C22H19NO5S2. The van der Waals surface area contributed by atoms with E-state index < -0.39 is 11.9 Å². The number of aliphatic carboxylic acids is 2. The van der Waals surface area contributed by atoms with Crippen LogP contribution in [0.1, 0.15) is 24.0 Å². The van der Waals surface area contributed by atoms with E-state index in [9.17, 15) is 14.4 Å². The Labute approximate surface area is 183 Å². The Kier molecular flexibility index (Phi) is 7.02. The molecule has 1 fully saturated rings. The minimum Gasteiger partial charge on any atom is -0.481 e. The SMILES string of the molecule is O=C(O)CCCN1C(=O)/C(=C/c2ccc(-c3ccccc3CC(=O)O)cc2)SC1=S. The van der Waals surface area contributed by atoms with Crippen LogP contribution in [0.25, 0.3) is 17.2 Å². The van der Waals surface area contributed by atoms with Crippen molar-refractivity contribution in [1.82, 2.24) is 4.90 Å². The summed E-state index contributed by atoms with van der Waals surface area (Å²) < 4.78 is 0.427. The third-order valence-corrected chi connectivity index (χ3v) is 5.90. The lowest BCUT2D eigenvalue weighted by molar-refractivity contribution is -0.137. The van der Waals surface area contributed by atoms with Crippen molar-refractivity contribution >= 4 is 52.2 Å². The van der Waals surface area contributed by atoms with Crippen molar-refractivity contribution in [1.29, 1.82) is 0 Å². The van der Waals surface area contributed by atoms with Gasteiger partial charge in [0.25, 0.3) is 5.91 Å². The van der Waals surface area contributed by atoms with Gasteiger partial charge in [0.1, 0.15) is 4.32 Å². The number of rotatable bonds is 8. The molecule has 8 heteroatoms. The van der Waals surface area contributed by atoms with Crippen molar-refractivity contribution in [3.05, 3.63) is 64.6 Å². The summed E-state index contributed by atoms with van der Waals surface area (Å²) in [6, 6.07) is 14.9. The highest BCUT2D eigenvalue weighted by Gasteiger charge is 2.31. The molecule has 0 unspecified atom stereocenters. The number of carbonyl (C=O) groups excluding carboxylic acids is 1.